The first-order valence-corrected chi connectivity index (χ1v) is 7.96. The summed E-state index contributed by atoms with van der Waals surface area (Å²) in [6.45, 7) is 3.42. The van der Waals surface area contributed by atoms with Gasteiger partial charge < -0.3 is 15.2 Å². The molecule has 116 valence electrons. The molecule has 1 aliphatic heterocycles. The minimum Gasteiger partial charge on any atom is -0.381 e. The van der Waals surface area contributed by atoms with Crippen LogP contribution in [0.4, 0.5) is 0 Å². The summed E-state index contributed by atoms with van der Waals surface area (Å²) in [5.41, 5.74) is 5.67. The first kappa shape index (κ1) is 19.1. The maximum absolute atomic E-state index is 12.2. The van der Waals surface area contributed by atoms with E-state index in [0.29, 0.717) is 26.1 Å². The van der Waals surface area contributed by atoms with E-state index in [9.17, 15) is 8.42 Å². The molecule has 0 spiro atoms. The quantitative estimate of drug-likeness (QED) is 0.679. The third-order valence-corrected chi connectivity index (χ3v) is 5.14. The first-order chi connectivity index (χ1) is 8.55. The van der Waals surface area contributed by atoms with E-state index in [0.717, 1.165) is 6.42 Å². The Morgan fingerprint density at radius 1 is 1.42 bits per heavy atom. The third-order valence-electron chi connectivity index (χ3n) is 3.27. The van der Waals surface area contributed by atoms with E-state index in [1.54, 1.807) is 7.11 Å². The molecule has 1 fully saturated rings. The second-order valence-electron chi connectivity index (χ2n) is 4.40. The molecule has 8 heteroatoms. The molecule has 2 unspecified atom stereocenters. The highest BCUT2D eigenvalue weighted by atomic mass is 35.5. The van der Waals surface area contributed by atoms with Crippen LogP contribution in [0.5, 0.6) is 0 Å². The van der Waals surface area contributed by atoms with Gasteiger partial charge in [0.15, 0.2) is 0 Å². The highest BCUT2D eigenvalue weighted by Crippen LogP contribution is 2.22. The smallest absolute Gasteiger partial charge is 0.216 e. The summed E-state index contributed by atoms with van der Waals surface area (Å²) in [5, 5.41) is 0. The highest BCUT2D eigenvalue weighted by molar-refractivity contribution is 7.89. The van der Waals surface area contributed by atoms with Gasteiger partial charge in [-0.3, -0.25) is 0 Å². The fourth-order valence-corrected chi connectivity index (χ4v) is 3.79. The number of methoxy groups -OCH3 is 1. The van der Waals surface area contributed by atoms with Gasteiger partial charge in [-0.05, 0) is 19.8 Å². The van der Waals surface area contributed by atoms with Gasteiger partial charge >= 0.3 is 0 Å². The Hall–Kier alpha value is 0.0800. The Labute approximate surface area is 122 Å². The van der Waals surface area contributed by atoms with Crippen LogP contribution in [0.2, 0.25) is 0 Å². The molecule has 0 amide bonds. The lowest BCUT2D eigenvalue weighted by Crippen LogP contribution is -2.52. The summed E-state index contributed by atoms with van der Waals surface area (Å²) in [7, 11) is -1.63. The number of hydrogen-bond donors (Lipinski definition) is 1. The van der Waals surface area contributed by atoms with Gasteiger partial charge in [-0.15, -0.1) is 12.4 Å². The molecule has 1 saturated heterocycles. The summed E-state index contributed by atoms with van der Waals surface area (Å²) in [6, 6.07) is -0.157. The highest BCUT2D eigenvalue weighted by Gasteiger charge is 2.34. The van der Waals surface area contributed by atoms with Crippen LogP contribution < -0.4 is 5.73 Å². The Morgan fingerprint density at radius 3 is 2.63 bits per heavy atom. The predicted molar refractivity (Wildman–Crippen MR) is 77.1 cm³/mol. The van der Waals surface area contributed by atoms with Crippen LogP contribution in [0.3, 0.4) is 0 Å². The number of piperidine rings is 1. The lowest BCUT2D eigenvalue weighted by atomic mass is 10.0. The molecule has 0 aromatic rings. The van der Waals surface area contributed by atoms with Crippen LogP contribution in [-0.4, -0.2) is 64.0 Å². The molecule has 6 nitrogen and oxygen atoms in total. The van der Waals surface area contributed by atoms with Crippen molar-refractivity contribution in [3.63, 3.8) is 0 Å². The number of ether oxygens (including phenoxy) is 2. The average molecular weight is 317 g/mol. The molecule has 19 heavy (non-hydrogen) atoms. The van der Waals surface area contributed by atoms with E-state index < -0.39 is 10.0 Å². The fourth-order valence-electron chi connectivity index (χ4n) is 2.21. The molecular formula is C11H25ClN2O4S. The van der Waals surface area contributed by atoms with Crippen LogP contribution in [-0.2, 0) is 19.5 Å². The monoisotopic (exact) mass is 316 g/mol. The Morgan fingerprint density at radius 2 is 2.11 bits per heavy atom. The molecule has 1 rings (SSSR count). The summed E-state index contributed by atoms with van der Waals surface area (Å²) < 4.78 is 36.3. The van der Waals surface area contributed by atoms with Crippen molar-refractivity contribution in [2.75, 3.05) is 39.2 Å². The molecule has 1 heterocycles. The van der Waals surface area contributed by atoms with E-state index in [2.05, 4.69) is 0 Å². The largest absolute Gasteiger partial charge is 0.381 e. The second kappa shape index (κ2) is 9.10. The molecule has 0 bridgehead atoms. The maximum Gasteiger partial charge on any atom is 0.216 e. The zero-order chi connectivity index (χ0) is 13.6. The van der Waals surface area contributed by atoms with Gasteiger partial charge in [0.25, 0.3) is 0 Å². The van der Waals surface area contributed by atoms with Crippen molar-refractivity contribution in [3.8, 4) is 0 Å². The lowest BCUT2D eigenvalue weighted by Gasteiger charge is -2.37. The molecular weight excluding hydrogens is 292 g/mol. The van der Waals surface area contributed by atoms with Gasteiger partial charge in [0.05, 0.1) is 18.5 Å². The standard InChI is InChI=1S/C11H24N2O4S.ClH/c1-3-17-6-7-18(14,15)13-5-4-11(16-2)8-10(13)9-12;/h10-11H,3-9,12H2,1-2H3;1H. The predicted octanol–water partition coefficient (Wildman–Crippen LogP) is 0.213. The van der Waals surface area contributed by atoms with Crippen molar-refractivity contribution >= 4 is 22.4 Å². The van der Waals surface area contributed by atoms with Crippen LogP contribution in [0, 0.1) is 0 Å². The van der Waals surface area contributed by atoms with Crippen molar-refractivity contribution < 1.29 is 17.9 Å². The van der Waals surface area contributed by atoms with Crippen LogP contribution in [0.25, 0.3) is 0 Å². The van der Waals surface area contributed by atoms with Crippen molar-refractivity contribution in [2.45, 2.75) is 31.9 Å². The normalized spacial score (nSPS) is 25.0. The van der Waals surface area contributed by atoms with Gasteiger partial charge in [0, 0.05) is 32.8 Å². The Kier molecular flexibility index (Phi) is 9.13. The molecule has 0 aromatic heterocycles. The lowest BCUT2D eigenvalue weighted by molar-refractivity contribution is 0.0399. The van der Waals surface area contributed by atoms with Crippen molar-refractivity contribution in [3.05, 3.63) is 0 Å². The van der Waals surface area contributed by atoms with Gasteiger partial charge in [-0.25, -0.2) is 8.42 Å². The molecule has 0 aliphatic carbocycles. The number of nitrogens with zero attached hydrogens (tertiary/aromatic N) is 1. The molecule has 0 saturated carbocycles. The molecule has 2 N–H and O–H groups in total. The SMILES string of the molecule is CCOCCS(=O)(=O)N1CCC(OC)CC1CN.Cl. The van der Waals surface area contributed by atoms with Gasteiger partial charge in [0.1, 0.15) is 0 Å². The summed E-state index contributed by atoms with van der Waals surface area (Å²) in [6.07, 6.45) is 1.50. The van der Waals surface area contributed by atoms with Crippen LogP contribution in [0.1, 0.15) is 19.8 Å². The van der Waals surface area contributed by atoms with E-state index in [1.807, 2.05) is 6.92 Å². The second-order valence-corrected chi connectivity index (χ2v) is 6.44. The first-order valence-electron chi connectivity index (χ1n) is 6.35. The van der Waals surface area contributed by atoms with Gasteiger partial charge in [0.2, 0.25) is 10.0 Å². The third kappa shape index (κ3) is 5.53. The van der Waals surface area contributed by atoms with E-state index in [4.69, 9.17) is 15.2 Å². The maximum atomic E-state index is 12.2. The van der Waals surface area contributed by atoms with E-state index in [-0.39, 0.29) is 36.9 Å². The van der Waals surface area contributed by atoms with E-state index in [1.165, 1.54) is 4.31 Å². The zero-order valence-electron chi connectivity index (χ0n) is 11.6. The van der Waals surface area contributed by atoms with Gasteiger partial charge in [-0.1, -0.05) is 0 Å². The van der Waals surface area contributed by atoms with Crippen molar-refractivity contribution in [1.29, 1.82) is 0 Å². The van der Waals surface area contributed by atoms with Crippen molar-refractivity contribution in [1.82, 2.24) is 4.31 Å². The Balaban J connectivity index is 0.00000324. The molecule has 0 aromatic carbocycles. The van der Waals surface area contributed by atoms with Crippen LogP contribution >= 0.6 is 12.4 Å². The zero-order valence-corrected chi connectivity index (χ0v) is 13.2. The molecule has 1 aliphatic rings. The fraction of sp³-hybridized carbons (Fsp3) is 1.00. The molecule has 0 radical (unpaired) electrons. The molecule has 2 atom stereocenters. The van der Waals surface area contributed by atoms with Crippen LogP contribution in [0.15, 0.2) is 0 Å². The Bertz CT molecular complexity index is 340. The summed E-state index contributed by atoms with van der Waals surface area (Å²) >= 11 is 0. The number of sulfonamides is 1. The average Bonchev–Trinajstić information content (AvgIpc) is 2.38. The minimum atomic E-state index is -3.28. The topological polar surface area (TPSA) is 81.9 Å². The summed E-state index contributed by atoms with van der Waals surface area (Å²) in [4.78, 5) is 0. The minimum absolute atomic E-state index is 0. The summed E-state index contributed by atoms with van der Waals surface area (Å²) in [5.74, 6) is 0.0228. The van der Waals surface area contributed by atoms with E-state index >= 15 is 0 Å². The van der Waals surface area contributed by atoms with Crippen molar-refractivity contribution in [2.24, 2.45) is 5.73 Å². The number of rotatable bonds is 7. The number of hydrogen-bond acceptors (Lipinski definition) is 5. The number of halogens is 1. The number of nitrogens with two attached hydrogens (primary N) is 1. The van der Waals surface area contributed by atoms with Gasteiger partial charge in [-0.2, -0.15) is 4.31 Å².